The van der Waals surface area contributed by atoms with E-state index in [2.05, 4.69) is 13.5 Å². The van der Waals surface area contributed by atoms with Gasteiger partial charge < -0.3 is 18.9 Å². The van der Waals surface area contributed by atoms with E-state index in [0.29, 0.717) is 51.3 Å². The highest BCUT2D eigenvalue weighted by atomic mass is 16.7. The Morgan fingerprint density at radius 2 is 1.53 bits per heavy atom. The lowest BCUT2D eigenvalue weighted by Gasteiger charge is -2.21. The highest BCUT2D eigenvalue weighted by Gasteiger charge is 2.25. The van der Waals surface area contributed by atoms with Crippen molar-refractivity contribution in [3.05, 3.63) is 62.7 Å². The Bertz CT molecular complexity index is 1070. The number of carbonyl (C=O) groups excluding carboxylic acids is 2. The van der Waals surface area contributed by atoms with E-state index in [-0.39, 0.29) is 6.79 Å². The van der Waals surface area contributed by atoms with Crippen LogP contribution >= 0.6 is 0 Å². The minimum atomic E-state index is -0.477. The zero-order chi connectivity index (χ0) is 25.6. The van der Waals surface area contributed by atoms with Crippen molar-refractivity contribution < 1.29 is 28.5 Å². The van der Waals surface area contributed by atoms with Crippen molar-refractivity contribution in [1.82, 2.24) is 0 Å². The molecular formula is C28H36O6. The number of hydrogen-bond acceptors (Lipinski definition) is 6. The molecule has 2 aromatic rings. The lowest BCUT2D eigenvalue weighted by Crippen LogP contribution is -2.18. The SMILES string of the molecule is C=Cc1c(C)c(OCCCC)cc(C)c1C(=O)Oc1c(C)c(C)c(C(=O)OCOC)c(C)c1C. The molecule has 0 aromatic heterocycles. The zero-order valence-electron chi connectivity index (χ0n) is 21.6. The Kier molecular flexibility index (Phi) is 9.45. The maximum atomic E-state index is 13.4. The Balaban J connectivity index is 2.49. The van der Waals surface area contributed by atoms with Gasteiger partial charge in [0.15, 0.2) is 6.79 Å². The van der Waals surface area contributed by atoms with Crippen molar-refractivity contribution in [2.24, 2.45) is 0 Å². The Morgan fingerprint density at radius 3 is 2.06 bits per heavy atom. The van der Waals surface area contributed by atoms with E-state index < -0.39 is 11.9 Å². The van der Waals surface area contributed by atoms with E-state index in [1.807, 2.05) is 47.6 Å². The molecule has 0 unspecified atom stereocenters. The normalized spacial score (nSPS) is 10.7. The van der Waals surface area contributed by atoms with Crippen LogP contribution in [0.2, 0.25) is 0 Å². The molecule has 0 N–H and O–H groups in total. The second kappa shape index (κ2) is 11.8. The largest absolute Gasteiger partial charge is 0.493 e. The first-order chi connectivity index (χ1) is 16.1. The number of ether oxygens (including phenoxy) is 4. The van der Waals surface area contributed by atoms with Crippen molar-refractivity contribution in [1.29, 1.82) is 0 Å². The van der Waals surface area contributed by atoms with Crippen LogP contribution in [0.3, 0.4) is 0 Å². The molecule has 0 aliphatic heterocycles. The first kappa shape index (κ1) is 27.1. The predicted octanol–water partition coefficient (Wildman–Crippen LogP) is 6.34. The van der Waals surface area contributed by atoms with Gasteiger partial charge in [-0.25, -0.2) is 9.59 Å². The number of benzene rings is 2. The summed E-state index contributed by atoms with van der Waals surface area (Å²) < 4.78 is 21.9. The van der Waals surface area contributed by atoms with Crippen LogP contribution in [0.15, 0.2) is 12.6 Å². The summed E-state index contributed by atoms with van der Waals surface area (Å²) in [5.41, 5.74) is 6.00. The number of hydrogen-bond donors (Lipinski definition) is 0. The summed E-state index contributed by atoms with van der Waals surface area (Å²) in [4.78, 5) is 26.0. The predicted molar refractivity (Wildman–Crippen MR) is 134 cm³/mol. The monoisotopic (exact) mass is 468 g/mol. The number of methoxy groups -OCH3 is 1. The summed E-state index contributed by atoms with van der Waals surface area (Å²) >= 11 is 0. The topological polar surface area (TPSA) is 71.1 Å². The van der Waals surface area contributed by atoms with E-state index in [0.717, 1.165) is 29.7 Å². The fraction of sp³-hybridized carbons (Fsp3) is 0.429. The lowest BCUT2D eigenvalue weighted by atomic mass is 9.92. The Hall–Kier alpha value is -3.12. The van der Waals surface area contributed by atoms with E-state index in [1.54, 1.807) is 6.08 Å². The number of rotatable bonds is 10. The van der Waals surface area contributed by atoms with Gasteiger partial charge in [0.05, 0.1) is 17.7 Å². The van der Waals surface area contributed by atoms with Crippen LogP contribution in [0.4, 0.5) is 0 Å². The van der Waals surface area contributed by atoms with Crippen molar-refractivity contribution in [3.63, 3.8) is 0 Å². The Labute approximate surface area is 202 Å². The molecule has 184 valence electrons. The van der Waals surface area contributed by atoms with E-state index in [9.17, 15) is 9.59 Å². The van der Waals surface area contributed by atoms with E-state index in [1.165, 1.54) is 7.11 Å². The highest BCUT2D eigenvalue weighted by molar-refractivity contribution is 5.98. The lowest BCUT2D eigenvalue weighted by molar-refractivity contribution is -0.0126. The maximum Gasteiger partial charge on any atom is 0.344 e. The molecule has 0 heterocycles. The van der Waals surface area contributed by atoms with Crippen LogP contribution < -0.4 is 9.47 Å². The van der Waals surface area contributed by atoms with Gasteiger partial charge in [-0.05, 0) is 93.0 Å². The van der Waals surface area contributed by atoms with Gasteiger partial charge in [-0.15, -0.1) is 0 Å². The highest BCUT2D eigenvalue weighted by Crippen LogP contribution is 2.35. The number of carbonyl (C=O) groups is 2. The van der Waals surface area contributed by atoms with Gasteiger partial charge in [0.25, 0.3) is 0 Å². The first-order valence-corrected chi connectivity index (χ1v) is 11.5. The molecule has 6 heteroatoms. The average Bonchev–Trinajstić information content (AvgIpc) is 2.80. The molecule has 6 nitrogen and oxygen atoms in total. The van der Waals surface area contributed by atoms with E-state index >= 15 is 0 Å². The number of unbranched alkanes of at least 4 members (excludes halogenated alkanes) is 1. The molecule has 2 aromatic carbocycles. The fourth-order valence-electron chi connectivity index (χ4n) is 3.98. The van der Waals surface area contributed by atoms with Crippen molar-refractivity contribution in [2.45, 2.75) is 61.3 Å². The van der Waals surface area contributed by atoms with E-state index in [4.69, 9.17) is 18.9 Å². The van der Waals surface area contributed by atoms with Crippen LogP contribution in [0, 0.1) is 41.5 Å². The third kappa shape index (κ3) is 5.50. The summed E-state index contributed by atoms with van der Waals surface area (Å²) in [6, 6.07) is 1.87. The molecule has 0 aliphatic rings. The summed E-state index contributed by atoms with van der Waals surface area (Å²) in [6.07, 6.45) is 3.66. The maximum absolute atomic E-state index is 13.4. The summed E-state index contributed by atoms with van der Waals surface area (Å²) in [6.45, 7) is 17.6. The molecule has 0 bridgehead atoms. The molecule has 0 atom stereocenters. The van der Waals surface area contributed by atoms with Crippen LogP contribution in [0.25, 0.3) is 6.08 Å². The standard InChI is InChI=1S/C28H36O6/c1-10-12-13-32-23-14-16(3)24(22(11-2)21(23)8)28(30)34-26-19(6)17(4)25(18(5)20(26)7)27(29)33-15-31-9/h11,14H,2,10,12-13,15H2,1,3-9H3. The van der Waals surface area contributed by atoms with Crippen LogP contribution in [0.1, 0.15) is 79.4 Å². The molecule has 0 fully saturated rings. The molecule has 2 rings (SSSR count). The van der Waals surface area contributed by atoms with Crippen LogP contribution in [-0.4, -0.2) is 32.4 Å². The van der Waals surface area contributed by atoms with Gasteiger partial charge in [0.1, 0.15) is 11.5 Å². The molecule has 0 spiro atoms. The van der Waals surface area contributed by atoms with Gasteiger partial charge in [0.2, 0.25) is 0 Å². The summed E-state index contributed by atoms with van der Waals surface area (Å²) in [5, 5.41) is 0. The summed E-state index contributed by atoms with van der Waals surface area (Å²) in [7, 11) is 1.46. The first-order valence-electron chi connectivity index (χ1n) is 11.5. The third-order valence-corrected chi connectivity index (χ3v) is 6.21. The molecule has 0 saturated carbocycles. The quantitative estimate of drug-likeness (QED) is 0.175. The minimum absolute atomic E-state index is 0.131. The molecule has 34 heavy (non-hydrogen) atoms. The van der Waals surface area contributed by atoms with Gasteiger partial charge in [-0.2, -0.15) is 0 Å². The molecule has 0 aliphatic carbocycles. The second-order valence-corrected chi connectivity index (χ2v) is 8.44. The zero-order valence-corrected chi connectivity index (χ0v) is 21.6. The summed E-state index contributed by atoms with van der Waals surface area (Å²) in [5.74, 6) is 0.240. The van der Waals surface area contributed by atoms with Crippen molar-refractivity contribution in [2.75, 3.05) is 20.5 Å². The minimum Gasteiger partial charge on any atom is -0.493 e. The van der Waals surface area contributed by atoms with Gasteiger partial charge in [0, 0.05) is 7.11 Å². The van der Waals surface area contributed by atoms with Crippen molar-refractivity contribution in [3.8, 4) is 11.5 Å². The number of esters is 2. The average molecular weight is 469 g/mol. The Morgan fingerprint density at radius 1 is 0.912 bits per heavy atom. The molecular weight excluding hydrogens is 432 g/mol. The van der Waals surface area contributed by atoms with Gasteiger partial charge in [-0.1, -0.05) is 26.0 Å². The second-order valence-electron chi connectivity index (χ2n) is 8.44. The fourth-order valence-corrected chi connectivity index (χ4v) is 3.98. The smallest absolute Gasteiger partial charge is 0.344 e. The van der Waals surface area contributed by atoms with Crippen LogP contribution in [-0.2, 0) is 9.47 Å². The van der Waals surface area contributed by atoms with Gasteiger partial charge in [-0.3, -0.25) is 0 Å². The van der Waals surface area contributed by atoms with Crippen molar-refractivity contribution >= 4 is 18.0 Å². The third-order valence-electron chi connectivity index (χ3n) is 6.21. The molecule has 0 radical (unpaired) electrons. The number of aryl methyl sites for hydroxylation is 1. The van der Waals surface area contributed by atoms with Gasteiger partial charge >= 0.3 is 11.9 Å². The molecule has 0 amide bonds. The molecule has 0 saturated heterocycles. The van der Waals surface area contributed by atoms with Crippen LogP contribution in [0.5, 0.6) is 11.5 Å².